The lowest BCUT2D eigenvalue weighted by Gasteiger charge is -2.02. The number of nitrogens with one attached hydrogen (secondary N) is 1. The molecule has 0 aliphatic rings. The summed E-state index contributed by atoms with van der Waals surface area (Å²) >= 11 is 0. The van der Waals surface area contributed by atoms with Crippen molar-refractivity contribution in [1.29, 1.82) is 0 Å². The van der Waals surface area contributed by atoms with Crippen LogP contribution >= 0.6 is 0 Å². The third kappa shape index (κ3) is 1.69. The van der Waals surface area contributed by atoms with Gasteiger partial charge < -0.3 is 0 Å². The smallest absolute Gasteiger partial charge is 0.274 e. The van der Waals surface area contributed by atoms with Crippen molar-refractivity contribution < 1.29 is 0 Å². The first-order valence-electron chi connectivity index (χ1n) is 5.51. The van der Waals surface area contributed by atoms with E-state index in [1.807, 2.05) is 45.0 Å². The van der Waals surface area contributed by atoms with Gasteiger partial charge in [0.25, 0.3) is 5.56 Å². The SMILES string of the molecule is CCc1c(C)[nH]n(-c2cccc(C)c2)c1=O. The highest BCUT2D eigenvalue weighted by Gasteiger charge is 2.09. The Morgan fingerprint density at radius 1 is 1.31 bits per heavy atom. The van der Waals surface area contributed by atoms with E-state index >= 15 is 0 Å². The highest BCUT2D eigenvalue weighted by molar-refractivity contribution is 5.36. The first-order valence-corrected chi connectivity index (χ1v) is 5.51. The van der Waals surface area contributed by atoms with Gasteiger partial charge in [-0.05, 0) is 38.0 Å². The van der Waals surface area contributed by atoms with Crippen molar-refractivity contribution in [3.05, 3.63) is 51.4 Å². The predicted molar refractivity (Wildman–Crippen MR) is 65.2 cm³/mol. The summed E-state index contributed by atoms with van der Waals surface area (Å²) in [6.45, 7) is 5.95. The molecule has 0 spiro atoms. The van der Waals surface area contributed by atoms with Crippen LogP contribution in [-0.4, -0.2) is 9.78 Å². The third-order valence-corrected chi connectivity index (χ3v) is 2.81. The summed E-state index contributed by atoms with van der Waals surface area (Å²) in [5, 5.41) is 3.11. The molecule has 0 aliphatic heterocycles. The average Bonchev–Trinajstić information content (AvgIpc) is 2.54. The van der Waals surface area contributed by atoms with Crippen LogP contribution in [0.25, 0.3) is 5.69 Å². The van der Waals surface area contributed by atoms with E-state index in [0.717, 1.165) is 28.9 Å². The summed E-state index contributed by atoms with van der Waals surface area (Å²) in [7, 11) is 0. The minimum atomic E-state index is 0.0607. The molecule has 2 aromatic rings. The standard InChI is InChI=1S/C13H16N2O/c1-4-12-10(3)14-15(13(12)16)11-7-5-6-9(2)8-11/h5-8,14H,4H2,1-3H3. The summed E-state index contributed by atoms with van der Waals surface area (Å²) in [6, 6.07) is 7.91. The second-order valence-corrected chi connectivity index (χ2v) is 4.05. The van der Waals surface area contributed by atoms with Crippen LogP contribution in [0.2, 0.25) is 0 Å². The van der Waals surface area contributed by atoms with E-state index in [1.54, 1.807) is 4.68 Å². The Bertz CT molecular complexity index is 564. The maximum atomic E-state index is 12.1. The van der Waals surface area contributed by atoms with Gasteiger partial charge >= 0.3 is 0 Å². The number of H-pyrrole nitrogens is 1. The van der Waals surface area contributed by atoms with Gasteiger partial charge in [0, 0.05) is 11.3 Å². The van der Waals surface area contributed by atoms with E-state index in [9.17, 15) is 4.79 Å². The fraction of sp³-hybridized carbons (Fsp3) is 0.308. The Morgan fingerprint density at radius 2 is 2.06 bits per heavy atom. The van der Waals surface area contributed by atoms with Crippen molar-refractivity contribution in [2.45, 2.75) is 27.2 Å². The zero-order valence-electron chi connectivity index (χ0n) is 9.87. The number of hydrogen-bond acceptors (Lipinski definition) is 1. The minimum Gasteiger partial charge on any atom is -0.295 e. The number of benzene rings is 1. The maximum Gasteiger partial charge on any atom is 0.274 e. The molecule has 0 bridgehead atoms. The summed E-state index contributed by atoms with van der Waals surface area (Å²) in [5.74, 6) is 0. The molecule has 0 radical (unpaired) electrons. The van der Waals surface area contributed by atoms with Gasteiger partial charge in [-0.15, -0.1) is 0 Å². The van der Waals surface area contributed by atoms with Crippen LogP contribution in [-0.2, 0) is 6.42 Å². The molecule has 0 amide bonds. The van der Waals surface area contributed by atoms with E-state index in [2.05, 4.69) is 5.10 Å². The van der Waals surface area contributed by atoms with Crippen LogP contribution in [0.3, 0.4) is 0 Å². The Labute approximate surface area is 94.7 Å². The number of aromatic amines is 1. The van der Waals surface area contributed by atoms with Crippen molar-refractivity contribution in [1.82, 2.24) is 9.78 Å². The average molecular weight is 216 g/mol. The van der Waals surface area contributed by atoms with Gasteiger partial charge in [-0.2, -0.15) is 0 Å². The van der Waals surface area contributed by atoms with Crippen LogP contribution in [0.4, 0.5) is 0 Å². The molecule has 1 aromatic carbocycles. The summed E-state index contributed by atoms with van der Waals surface area (Å²) in [4.78, 5) is 12.1. The molecule has 0 unspecified atom stereocenters. The van der Waals surface area contributed by atoms with Crippen molar-refractivity contribution >= 4 is 0 Å². The highest BCUT2D eigenvalue weighted by atomic mass is 16.1. The number of hydrogen-bond donors (Lipinski definition) is 1. The van der Waals surface area contributed by atoms with E-state index in [-0.39, 0.29) is 5.56 Å². The topological polar surface area (TPSA) is 37.8 Å². The van der Waals surface area contributed by atoms with Crippen LogP contribution in [0.15, 0.2) is 29.1 Å². The normalized spacial score (nSPS) is 10.7. The summed E-state index contributed by atoms with van der Waals surface area (Å²) < 4.78 is 1.61. The van der Waals surface area contributed by atoms with Gasteiger partial charge in [0.1, 0.15) is 0 Å². The summed E-state index contributed by atoms with van der Waals surface area (Å²) in [6.07, 6.45) is 0.764. The van der Waals surface area contributed by atoms with Crippen molar-refractivity contribution in [2.24, 2.45) is 0 Å². The molecule has 1 aromatic heterocycles. The molecule has 0 fully saturated rings. The molecule has 0 aliphatic carbocycles. The zero-order valence-corrected chi connectivity index (χ0v) is 9.87. The molecule has 0 saturated carbocycles. The zero-order chi connectivity index (χ0) is 11.7. The Hall–Kier alpha value is -1.77. The third-order valence-electron chi connectivity index (χ3n) is 2.81. The lowest BCUT2D eigenvalue weighted by Crippen LogP contribution is -2.16. The lowest BCUT2D eigenvalue weighted by molar-refractivity contribution is 0.833. The molecule has 84 valence electrons. The molecular formula is C13H16N2O. The van der Waals surface area contributed by atoms with E-state index in [1.165, 1.54) is 0 Å². The second kappa shape index (κ2) is 4.00. The predicted octanol–water partition coefficient (Wildman–Crippen LogP) is 2.34. The second-order valence-electron chi connectivity index (χ2n) is 4.05. The number of rotatable bonds is 2. The van der Waals surface area contributed by atoms with Crippen molar-refractivity contribution in [3.63, 3.8) is 0 Å². The molecular weight excluding hydrogens is 200 g/mol. The molecule has 2 rings (SSSR count). The fourth-order valence-electron chi connectivity index (χ4n) is 1.95. The molecule has 0 saturated heterocycles. The van der Waals surface area contributed by atoms with E-state index < -0.39 is 0 Å². The molecule has 3 nitrogen and oxygen atoms in total. The van der Waals surface area contributed by atoms with Gasteiger partial charge in [-0.1, -0.05) is 19.1 Å². The lowest BCUT2D eigenvalue weighted by atomic mass is 10.2. The Kier molecular flexibility index (Phi) is 2.69. The van der Waals surface area contributed by atoms with Crippen molar-refractivity contribution in [3.8, 4) is 5.69 Å². The Morgan fingerprint density at radius 3 is 2.62 bits per heavy atom. The van der Waals surface area contributed by atoms with Crippen LogP contribution in [0.5, 0.6) is 0 Å². The maximum absolute atomic E-state index is 12.1. The van der Waals surface area contributed by atoms with Gasteiger partial charge in [0.15, 0.2) is 0 Å². The molecule has 1 N–H and O–H groups in total. The van der Waals surface area contributed by atoms with Crippen molar-refractivity contribution in [2.75, 3.05) is 0 Å². The van der Waals surface area contributed by atoms with E-state index in [0.29, 0.717) is 0 Å². The van der Waals surface area contributed by atoms with Gasteiger partial charge in [0.05, 0.1) is 5.69 Å². The molecule has 0 atom stereocenters. The number of aromatic nitrogens is 2. The largest absolute Gasteiger partial charge is 0.295 e. The molecule has 3 heteroatoms. The number of nitrogens with zero attached hydrogens (tertiary/aromatic N) is 1. The van der Waals surface area contributed by atoms with Crippen LogP contribution in [0, 0.1) is 13.8 Å². The first-order chi connectivity index (χ1) is 7.63. The highest BCUT2D eigenvalue weighted by Crippen LogP contribution is 2.09. The van der Waals surface area contributed by atoms with Gasteiger partial charge in [0.2, 0.25) is 0 Å². The molecule has 16 heavy (non-hydrogen) atoms. The monoisotopic (exact) mass is 216 g/mol. The van der Waals surface area contributed by atoms with Gasteiger partial charge in [-0.25, -0.2) is 4.68 Å². The van der Waals surface area contributed by atoms with Crippen LogP contribution in [0.1, 0.15) is 23.7 Å². The minimum absolute atomic E-state index is 0.0607. The fourth-order valence-corrected chi connectivity index (χ4v) is 1.95. The van der Waals surface area contributed by atoms with Gasteiger partial charge in [-0.3, -0.25) is 9.89 Å². The van der Waals surface area contributed by atoms with Crippen LogP contribution < -0.4 is 5.56 Å². The summed E-state index contributed by atoms with van der Waals surface area (Å²) in [5.41, 5.74) is 3.92. The number of aryl methyl sites for hydroxylation is 2. The molecule has 1 heterocycles. The first kappa shape index (κ1) is 10.7. The quantitative estimate of drug-likeness (QED) is 0.822. The van der Waals surface area contributed by atoms with E-state index in [4.69, 9.17) is 0 Å². The Balaban J connectivity index is 2.61.